The second-order valence-electron chi connectivity index (χ2n) is 7.08. The molecule has 0 aliphatic heterocycles. The van der Waals surface area contributed by atoms with Gasteiger partial charge >= 0.3 is 0 Å². The smallest absolute Gasteiger partial charge is 0.271 e. The molecule has 0 atom stereocenters. The third-order valence-corrected chi connectivity index (χ3v) is 4.67. The van der Waals surface area contributed by atoms with Crippen LogP contribution < -0.4 is 24.4 Å². The van der Waals surface area contributed by atoms with Gasteiger partial charge in [-0.05, 0) is 54.4 Å². The number of carbonyl (C=O) groups is 1. The van der Waals surface area contributed by atoms with E-state index in [1.54, 1.807) is 30.5 Å². The van der Waals surface area contributed by atoms with Crippen molar-refractivity contribution in [1.29, 1.82) is 0 Å². The Morgan fingerprint density at radius 1 is 0.941 bits per heavy atom. The quantitative estimate of drug-likeness (QED) is 0.234. The molecule has 7 nitrogen and oxygen atoms in total. The summed E-state index contributed by atoms with van der Waals surface area (Å²) < 4.78 is 22.4. The summed E-state index contributed by atoms with van der Waals surface area (Å²) in [5.41, 5.74) is 4.73. The molecule has 0 aromatic heterocycles. The fraction of sp³-hybridized carbons (Fsp3) is 0.185. The van der Waals surface area contributed by atoms with Gasteiger partial charge in [-0.2, -0.15) is 5.10 Å². The van der Waals surface area contributed by atoms with E-state index in [9.17, 15) is 4.79 Å². The van der Waals surface area contributed by atoms with E-state index in [0.29, 0.717) is 48.4 Å². The largest absolute Gasteiger partial charge is 0.493 e. The maximum Gasteiger partial charge on any atom is 0.271 e. The van der Waals surface area contributed by atoms with Crippen LogP contribution in [0.3, 0.4) is 0 Å². The molecule has 0 radical (unpaired) electrons. The van der Waals surface area contributed by atoms with Gasteiger partial charge < -0.3 is 18.9 Å². The Morgan fingerprint density at radius 3 is 2.44 bits per heavy atom. The first kappa shape index (κ1) is 24.4. The predicted octanol–water partition coefficient (Wildman–Crippen LogP) is 5.00. The van der Waals surface area contributed by atoms with Gasteiger partial charge in [0, 0.05) is 5.56 Å². The predicted molar refractivity (Wildman–Crippen MR) is 132 cm³/mol. The van der Waals surface area contributed by atoms with Crippen molar-refractivity contribution in [2.75, 3.05) is 20.3 Å². The van der Waals surface area contributed by atoms with Gasteiger partial charge in [0.1, 0.15) is 13.2 Å². The lowest BCUT2D eigenvalue weighted by Crippen LogP contribution is -2.17. The van der Waals surface area contributed by atoms with E-state index in [1.165, 1.54) is 7.11 Å². The average Bonchev–Trinajstić information content (AvgIpc) is 2.87. The maximum absolute atomic E-state index is 12.5. The summed E-state index contributed by atoms with van der Waals surface area (Å²) in [6, 6.07) is 20.3. The summed E-state index contributed by atoms with van der Waals surface area (Å²) in [6.45, 7) is 6.79. The second kappa shape index (κ2) is 12.7. The number of amides is 1. The molecule has 7 heteroatoms. The van der Waals surface area contributed by atoms with Crippen LogP contribution >= 0.6 is 0 Å². The average molecular weight is 461 g/mol. The lowest BCUT2D eigenvalue weighted by Gasteiger charge is -2.12. The summed E-state index contributed by atoms with van der Waals surface area (Å²) in [4.78, 5) is 12.5. The summed E-state index contributed by atoms with van der Waals surface area (Å²) in [7, 11) is 1.51. The summed E-state index contributed by atoms with van der Waals surface area (Å²) in [5, 5.41) is 4.06. The highest BCUT2D eigenvalue weighted by molar-refractivity contribution is 5.95. The van der Waals surface area contributed by atoms with E-state index in [1.807, 2.05) is 55.5 Å². The number of nitrogens with zero attached hydrogens (tertiary/aromatic N) is 1. The highest BCUT2D eigenvalue weighted by atomic mass is 16.5. The Kier molecular flexibility index (Phi) is 9.10. The number of rotatable bonds is 12. The van der Waals surface area contributed by atoms with Crippen LogP contribution in [0, 0.1) is 0 Å². The van der Waals surface area contributed by atoms with Gasteiger partial charge in [-0.1, -0.05) is 43.0 Å². The molecule has 0 spiro atoms. The number of methoxy groups -OCH3 is 1. The zero-order valence-electron chi connectivity index (χ0n) is 19.3. The topological polar surface area (TPSA) is 78.4 Å². The van der Waals surface area contributed by atoms with Crippen LogP contribution in [-0.2, 0) is 6.61 Å². The second-order valence-corrected chi connectivity index (χ2v) is 7.08. The number of hydrazone groups is 1. The van der Waals surface area contributed by atoms with Crippen molar-refractivity contribution in [3.05, 3.63) is 96.1 Å². The lowest BCUT2D eigenvalue weighted by molar-refractivity contribution is 0.0954. The Hall–Kier alpha value is -4.26. The van der Waals surface area contributed by atoms with Gasteiger partial charge in [0.15, 0.2) is 23.0 Å². The Bertz CT molecular complexity index is 1130. The zero-order chi connectivity index (χ0) is 24.2. The molecule has 0 heterocycles. The van der Waals surface area contributed by atoms with E-state index in [-0.39, 0.29) is 5.91 Å². The monoisotopic (exact) mass is 460 g/mol. The standard InChI is InChI=1S/C27H28N2O5/c1-4-15-33-23-14-12-22(17-25(23)31-3)27(30)29-28-18-21-11-13-24(26(16-21)32-5-2)34-19-20-9-7-6-8-10-20/h4,6-14,16-18H,1,5,15,19H2,2-3H3,(H,29,30)/b28-18+. The Balaban J connectivity index is 1.64. The van der Waals surface area contributed by atoms with Crippen LogP contribution in [0.1, 0.15) is 28.4 Å². The molecule has 0 fully saturated rings. The molecular formula is C27H28N2O5. The van der Waals surface area contributed by atoms with Crippen molar-refractivity contribution in [3.8, 4) is 23.0 Å². The fourth-order valence-corrected chi connectivity index (χ4v) is 3.03. The van der Waals surface area contributed by atoms with Crippen LogP contribution in [0.25, 0.3) is 0 Å². The van der Waals surface area contributed by atoms with Gasteiger partial charge in [0.2, 0.25) is 0 Å². The molecule has 0 aliphatic carbocycles. The number of benzene rings is 3. The van der Waals surface area contributed by atoms with E-state index in [0.717, 1.165) is 11.1 Å². The van der Waals surface area contributed by atoms with Gasteiger partial charge in [-0.15, -0.1) is 0 Å². The minimum absolute atomic E-state index is 0.339. The van der Waals surface area contributed by atoms with E-state index in [4.69, 9.17) is 18.9 Å². The fourth-order valence-electron chi connectivity index (χ4n) is 3.03. The van der Waals surface area contributed by atoms with Crippen LogP contribution in [0.4, 0.5) is 0 Å². The van der Waals surface area contributed by atoms with E-state index < -0.39 is 0 Å². The molecule has 176 valence electrons. The number of nitrogens with one attached hydrogen (secondary N) is 1. The number of carbonyl (C=O) groups excluding carboxylic acids is 1. The minimum Gasteiger partial charge on any atom is -0.493 e. The van der Waals surface area contributed by atoms with Gasteiger partial charge in [-0.3, -0.25) is 4.79 Å². The molecular weight excluding hydrogens is 432 g/mol. The molecule has 0 saturated heterocycles. The number of hydrogen-bond acceptors (Lipinski definition) is 6. The van der Waals surface area contributed by atoms with Crippen LogP contribution in [0.5, 0.6) is 23.0 Å². The first-order valence-corrected chi connectivity index (χ1v) is 10.8. The van der Waals surface area contributed by atoms with Crippen molar-refractivity contribution in [3.63, 3.8) is 0 Å². The first-order chi connectivity index (χ1) is 16.6. The number of hydrogen-bond donors (Lipinski definition) is 1. The highest BCUT2D eigenvalue weighted by Gasteiger charge is 2.11. The molecule has 3 aromatic rings. The summed E-state index contributed by atoms with van der Waals surface area (Å²) in [6.07, 6.45) is 3.17. The lowest BCUT2D eigenvalue weighted by atomic mass is 10.2. The molecule has 0 saturated carbocycles. The van der Waals surface area contributed by atoms with E-state index >= 15 is 0 Å². The third kappa shape index (κ3) is 6.87. The van der Waals surface area contributed by atoms with Crippen LogP contribution in [0.2, 0.25) is 0 Å². The molecule has 3 rings (SSSR count). The number of ether oxygens (including phenoxy) is 4. The summed E-state index contributed by atoms with van der Waals surface area (Å²) >= 11 is 0. The molecule has 0 aliphatic rings. The summed E-state index contributed by atoms with van der Waals surface area (Å²) in [5.74, 6) is 1.84. The van der Waals surface area contributed by atoms with Crippen LogP contribution in [0.15, 0.2) is 84.5 Å². The zero-order valence-corrected chi connectivity index (χ0v) is 19.3. The molecule has 0 unspecified atom stereocenters. The molecule has 3 aromatic carbocycles. The maximum atomic E-state index is 12.5. The molecule has 34 heavy (non-hydrogen) atoms. The van der Waals surface area contributed by atoms with Gasteiger partial charge in [0.05, 0.1) is 19.9 Å². The first-order valence-electron chi connectivity index (χ1n) is 10.8. The normalized spacial score (nSPS) is 10.5. The molecule has 1 amide bonds. The van der Waals surface area contributed by atoms with Crippen molar-refractivity contribution in [2.45, 2.75) is 13.5 Å². The highest BCUT2D eigenvalue weighted by Crippen LogP contribution is 2.29. The van der Waals surface area contributed by atoms with Gasteiger partial charge in [-0.25, -0.2) is 5.43 Å². The van der Waals surface area contributed by atoms with Crippen molar-refractivity contribution >= 4 is 12.1 Å². The van der Waals surface area contributed by atoms with E-state index in [2.05, 4.69) is 17.1 Å². The molecule has 1 N–H and O–H groups in total. The SMILES string of the molecule is C=CCOc1ccc(C(=O)N/N=C/c2ccc(OCc3ccccc3)c(OCC)c2)cc1OC. The molecule has 0 bridgehead atoms. The Labute approximate surface area is 199 Å². The van der Waals surface area contributed by atoms with Crippen molar-refractivity contribution in [1.82, 2.24) is 5.43 Å². The van der Waals surface area contributed by atoms with Crippen molar-refractivity contribution in [2.24, 2.45) is 5.10 Å². The third-order valence-electron chi connectivity index (χ3n) is 4.67. The minimum atomic E-state index is -0.377. The van der Waals surface area contributed by atoms with Gasteiger partial charge in [0.25, 0.3) is 5.91 Å². The van der Waals surface area contributed by atoms with Crippen molar-refractivity contribution < 1.29 is 23.7 Å². The Morgan fingerprint density at radius 2 is 1.71 bits per heavy atom. The van der Waals surface area contributed by atoms with Crippen LogP contribution in [-0.4, -0.2) is 32.4 Å².